The smallest absolute Gasteiger partial charge is 0.0106 e. The molecule has 1 aromatic rings. The Morgan fingerprint density at radius 1 is 1.13 bits per heavy atom. The molecule has 0 aliphatic rings. The monoisotopic (exact) mass is 321 g/mol. The van der Waals surface area contributed by atoms with Crippen LogP contribution in [0.2, 0.25) is 0 Å². The summed E-state index contributed by atoms with van der Waals surface area (Å²) in [6, 6.07) is 6.67. The number of hydrogen-bond acceptors (Lipinski definition) is 1. The largest absolute Gasteiger partial charge is 0.331 e. The van der Waals surface area contributed by atoms with Crippen molar-refractivity contribution >= 4 is 6.08 Å². The summed E-state index contributed by atoms with van der Waals surface area (Å²) in [5, 5.41) is 0. The zero-order valence-electron chi connectivity index (χ0n) is 17.6. The summed E-state index contributed by atoms with van der Waals surface area (Å²) >= 11 is 0. The van der Waals surface area contributed by atoms with Crippen LogP contribution >= 0.6 is 0 Å². The van der Waals surface area contributed by atoms with E-state index in [-0.39, 0.29) is 0 Å². The molecule has 0 bridgehead atoms. The predicted octanol–water partition coefficient (Wildman–Crippen LogP) is 7.20. The van der Waals surface area contributed by atoms with Gasteiger partial charge in [-0.15, -0.1) is 0 Å². The van der Waals surface area contributed by atoms with Gasteiger partial charge in [0.2, 0.25) is 0 Å². The van der Waals surface area contributed by atoms with Gasteiger partial charge >= 0.3 is 0 Å². The molecule has 2 N–H and O–H groups in total. The summed E-state index contributed by atoms with van der Waals surface area (Å²) in [5.74, 6) is 0.591. The lowest BCUT2D eigenvalue weighted by Gasteiger charge is -2.24. The summed E-state index contributed by atoms with van der Waals surface area (Å²) in [4.78, 5) is 0. The molecule has 0 saturated heterocycles. The Bertz CT molecular complexity index is 385. The molecule has 1 nitrogen and oxygen atoms in total. The molecule has 1 aromatic carbocycles. The van der Waals surface area contributed by atoms with E-state index in [1.165, 1.54) is 23.1 Å². The number of nitrogens with two attached hydrogens (primary N) is 1. The maximum Gasteiger partial charge on any atom is -0.0106 e. The average Bonchev–Trinajstić information content (AvgIpc) is 2.50. The SMILES string of the molecule is C=Cc1cc(C)ccc1C(C)CC(C)(C)C.CC.CC.CCN. The molecular weight excluding hydrogens is 278 g/mol. The molecule has 0 radical (unpaired) electrons. The van der Waals surface area contributed by atoms with Crippen molar-refractivity contribution in [2.24, 2.45) is 11.1 Å². The van der Waals surface area contributed by atoms with E-state index in [9.17, 15) is 0 Å². The maximum atomic E-state index is 4.85. The Morgan fingerprint density at radius 2 is 1.57 bits per heavy atom. The third-order valence-corrected chi connectivity index (χ3v) is 2.91. The highest BCUT2D eigenvalue weighted by Crippen LogP contribution is 2.32. The predicted molar refractivity (Wildman–Crippen MR) is 111 cm³/mol. The van der Waals surface area contributed by atoms with Gasteiger partial charge in [-0.05, 0) is 42.3 Å². The summed E-state index contributed by atoms with van der Waals surface area (Å²) < 4.78 is 0. The van der Waals surface area contributed by atoms with Crippen molar-refractivity contribution in [2.75, 3.05) is 6.54 Å². The van der Waals surface area contributed by atoms with Crippen LogP contribution in [-0.4, -0.2) is 6.54 Å². The van der Waals surface area contributed by atoms with Crippen molar-refractivity contribution in [1.82, 2.24) is 0 Å². The van der Waals surface area contributed by atoms with Crippen LogP contribution in [0.25, 0.3) is 6.08 Å². The first-order chi connectivity index (χ1) is 10.7. The normalized spacial score (nSPS) is 10.7. The second kappa shape index (κ2) is 15.8. The van der Waals surface area contributed by atoms with E-state index in [1.807, 2.05) is 40.7 Å². The van der Waals surface area contributed by atoms with Crippen LogP contribution in [0.15, 0.2) is 24.8 Å². The van der Waals surface area contributed by atoms with Crippen LogP contribution < -0.4 is 5.73 Å². The van der Waals surface area contributed by atoms with Crippen molar-refractivity contribution in [3.8, 4) is 0 Å². The summed E-state index contributed by atoms with van der Waals surface area (Å²) in [6.07, 6.45) is 3.18. The van der Waals surface area contributed by atoms with Gasteiger partial charge in [-0.3, -0.25) is 0 Å². The zero-order valence-corrected chi connectivity index (χ0v) is 17.6. The van der Waals surface area contributed by atoms with Gasteiger partial charge in [0.25, 0.3) is 0 Å². The first-order valence-corrected chi connectivity index (χ1v) is 9.18. The molecule has 0 heterocycles. The van der Waals surface area contributed by atoms with Crippen molar-refractivity contribution < 1.29 is 0 Å². The van der Waals surface area contributed by atoms with Crippen molar-refractivity contribution in [1.29, 1.82) is 0 Å². The van der Waals surface area contributed by atoms with E-state index in [4.69, 9.17) is 5.73 Å². The summed E-state index contributed by atoms with van der Waals surface area (Å²) in [5.41, 5.74) is 9.25. The molecule has 0 saturated carbocycles. The first-order valence-electron chi connectivity index (χ1n) is 9.18. The van der Waals surface area contributed by atoms with E-state index < -0.39 is 0 Å². The Balaban J connectivity index is -0.000000496. The lowest BCUT2D eigenvalue weighted by Crippen LogP contribution is -2.10. The molecule has 1 rings (SSSR count). The topological polar surface area (TPSA) is 26.0 Å². The lowest BCUT2D eigenvalue weighted by atomic mass is 9.81. The van der Waals surface area contributed by atoms with Crippen LogP contribution in [0.5, 0.6) is 0 Å². The van der Waals surface area contributed by atoms with Gasteiger partial charge in [0.15, 0.2) is 0 Å². The van der Waals surface area contributed by atoms with Gasteiger partial charge in [-0.2, -0.15) is 0 Å². The Labute approximate surface area is 147 Å². The van der Waals surface area contributed by atoms with Crippen LogP contribution in [0, 0.1) is 12.3 Å². The second-order valence-electron chi connectivity index (χ2n) is 6.41. The molecule has 1 atom stereocenters. The fourth-order valence-electron chi connectivity index (χ4n) is 2.35. The van der Waals surface area contributed by atoms with Crippen LogP contribution in [-0.2, 0) is 0 Å². The van der Waals surface area contributed by atoms with Gasteiger partial charge in [0.05, 0.1) is 0 Å². The second-order valence-corrected chi connectivity index (χ2v) is 6.41. The highest BCUT2D eigenvalue weighted by molar-refractivity contribution is 5.54. The number of benzene rings is 1. The molecule has 0 aromatic heterocycles. The molecule has 0 spiro atoms. The van der Waals surface area contributed by atoms with Crippen LogP contribution in [0.1, 0.15) is 91.3 Å². The minimum Gasteiger partial charge on any atom is -0.331 e. The molecule has 1 heteroatoms. The first kappa shape index (κ1) is 26.8. The molecule has 0 amide bonds. The van der Waals surface area contributed by atoms with E-state index in [1.54, 1.807) is 0 Å². The van der Waals surface area contributed by atoms with Gasteiger partial charge < -0.3 is 5.73 Å². The average molecular weight is 322 g/mol. The number of aryl methyl sites for hydroxylation is 1. The van der Waals surface area contributed by atoms with Crippen LogP contribution in [0.4, 0.5) is 0 Å². The molecule has 0 fully saturated rings. The fraction of sp³-hybridized carbons (Fsp3) is 0.636. The lowest BCUT2D eigenvalue weighted by molar-refractivity contribution is 0.348. The van der Waals surface area contributed by atoms with Gasteiger partial charge in [0, 0.05) is 0 Å². The third kappa shape index (κ3) is 14.3. The van der Waals surface area contributed by atoms with Crippen molar-refractivity contribution in [2.45, 2.75) is 81.6 Å². The minimum absolute atomic E-state index is 0.378. The van der Waals surface area contributed by atoms with Gasteiger partial charge in [0.1, 0.15) is 0 Å². The highest BCUT2D eigenvalue weighted by atomic mass is 14.5. The third-order valence-electron chi connectivity index (χ3n) is 2.91. The molecule has 0 aliphatic carbocycles. The molecule has 136 valence electrons. The quantitative estimate of drug-likeness (QED) is 0.626. The fourth-order valence-corrected chi connectivity index (χ4v) is 2.35. The maximum absolute atomic E-state index is 4.85. The standard InChI is InChI=1S/C16H24.C2H7N.2C2H6/c1-7-14-10-12(2)8-9-15(14)13(3)11-16(4,5)6;1-2-3;2*1-2/h7-10,13H,1,11H2,2-6H3;2-3H2,1H3;2*1-2H3. The Kier molecular flexibility index (Phi) is 18.4. The minimum atomic E-state index is 0.378. The zero-order chi connectivity index (χ0) is 19.1. The summed E-state index contributed by atoms with van der Waals surface area (Å²) in [7, 11) is 0. The molecule has 1 unspecified atom stereocenters. The Hall–Kier alpha value is -1.08. The summed E-state index contributed by atoms with van der Waals surface area (Å²) in [6.45, 7) is 25.9. The number of rotatable bonds is 3. The van der Waals surface area contributed by atoms with E-state index in [0.29, 0.717) is 11.3 Å². The van der Waals surface area contributed by atoms with Gasteiger partial charge in [-0.25, -0.2) is 0 Å². The van der Waals surface area contributed by atoms with Crippen LogP contribution in [0.3, 0.4) is 0 Å². The van der Waals surface area contributed by atoms with E-state index in [0.717, 1.165) is 6.54 Å². The molecule has 0 aliphatic heterocycles. The number of hydrogen-bond donors (Lipinski definition) is 1. The molecular formula is C22H43N. The van der Waals surface area contributed by atoms with E-state index in [2.05, 4.69) is 59.4 Å². The van der Waals surface area contributed by atoms with Crippen molar-refractivity contribution in [3.63, 3.8) is 0 Å². The van der Waals surface area contributed by atoms with Gasteiger partial charge in [-0.1, -0.05) is 98.7 Å². The van der Waals surface area contributed by atoms with E-state index >= 15 is 0 Å². The highest BCUT2D eigenvalue weighted by Gasteiger charge is 2.17. The van der Waals surface area contributed by atoms with Crippen molar-refractivity contribution in [3.05, 3.63) is 41.5 Å². The molecule has 23 heavy (non-hydrogen) atoms. The Morgan fingerprint density at radius 3 is 1.91 bits per heavy atom.